The fraction of sp³-hybridized carbons (Fsp3) is 0.368. The molecule has 0 unspecified atom stereocenters. The Morgan fingerprint density at radius 2 is 2.00 bits per heavy atom. The van der Waals surface area contributed by atoms with Gasteiger partial charge in [0.05, 0.1) is 32.9 Å². The molecule has 0 radical (unpaired) electrons. The lowest BCUT2D eigenvalue weighted by Gasteiger charge is -2.15. The van der Waals surface area contributed by atoms with E-state index in [1.807, 2.05) is 18.2 Å². The number of benzene rings is 1. The molecule has 3 rings (SSSR count). The third-order valence-corrected chi connectivity index (χ3v) is 4.39. The number of nitrogens with one attached hydrogen (secondary N) is 1. The summed E-state index contributed by atoms with van der Waals surface area (Å²) in [5.41, 5.74) is 0.867. The quantitative estimate of drug-likeness (QED) is 0.818. The van der Waals surface area contributed by atoms with E-state index in [2.05, 4.69) is 5.32 Å². The third-order valence-electron chi connectivity index (χ3n) is 4.39. The number of likely N-dealkylation sites (tertiary alicyclic amines) is 1. The average molecular weight is 358 g/mol. The van der Waals surface area contributed by atoms with Crippen molar-refractivity contribution in [3.8, 4) is 11.5 Å². The van der Waals surface area contributed by atoms with E-state index in [0.717, 1.165) is 5.56 Å². The van der Waals surface area contributed by atoms with Crippen LogP contribution in [0.2, 0.25) is 0 Å². The molecule has 0 bridgehead atoms. The molecule has 2 heterocycles. The summed E-state index contributed by atoms with van der Waals surface area (Å²) in [5.74, 6) is 1.50. The number of carbonyl (C=O) groups excluding carboxylic acids is 2. The van der Waals surface area contributed by atoms with Gasteiger partial charge in [-0.1, -0.05) is 0 Å². The number of amides is 2. The smallest absolute Gasteiger partial charge is 0.225 e. The lowest BCUT2D eigenvalue weighted by molar-refractivity contribution is -0.129. The van der Waals surface area contributed by atoms with Crippen molar-refractivity contribution in [2.75, 3.05) is 20.8 Å². The van der Waals surface area contributed by atoms with Gasteiger partial charge in [0.1, 0.15) is 17.3 Å². The second kappa shape index (κ2) is 7.95. The Kier molecular flexibility index (Phi) is 5.46. The molecule has 1 saturated heterocycles. The van der Waals surface area contributed by atoms with Crippen LogP contribution in [0.1, 0.15) is 17.7 Å². The first-order valence-electron chi connectivity index (χ1n) is 8.39. The summed E-state index contributed by atoms with van der Waals surface area (Å²) in [6, 6.07) is 9.05. The summed E-state index contributed by atoms with van der Waals surface area (Å²) >= 11 is 0. The molecular formula is C19H22N2O5. The number of carbonyl (C=O) groups is 2. The van der Waals surface area contributed by atoms with Crippen LogP contribution in [0, 0.1) is 5.92 Å². The third kappa shape index (κ3) is 4.17. The van der Waals surface area contributed by atoms with Crippen LogP contribution in [-0.4, -0.2) is 37.5 Å². The first-order valence-corrected chi connectivity index (χ1v) is 8.39. The average Bonchev–Trinajstić information content (AvgIpc) is 3.30. The molecule has 0 saturated carbocycles. The van der Waals surface area contributed by atoms with Gasteiger partial charge in [-0.25, -0.2) is 0 Å². The zero-order valence-electron chi connectivity index (χ0n) is 14.9. The molecule has 26 heavy (non-hydrogen) atoms. The van der Waals surface area contributed by atoms with E-state index in [1.165, 1.54) is 0 Å². The summed E-state index contributed by atoms with van der Waals surface area (Å²) in [7, 11) is 3.16. The van der Waals surface area contributed by atoms with Gasteiger partial charge in [-0.2, -0.15) is 0 Å². The van der Waals surface area contributed by atoms with Gasteiger partial charge >= 0.3 is 0 Å². The lowest BCUT2D eigenvalue weighted by atomic mass is 10.1. The van der Waals surface area contributed by atoms with Gasteiger partial charge < -0.3 is 24.1 Å². The molecule has 138 valence electrons. The highest BCUT2D eigenvalue weighted by Crippen LogP contribution is 2.23. The molecule has 1 N–H and O–H groups in total. The molecule has 7 nitrogen and oxygen atoms in total. The minimum atomic E-state index is -0.357. The van der Waals surface area contributed by atoms with Crippen molar-refractivity contribution in [2.24, 2.45) is 5.92 Å². The molecule has 1 aromatic carbocycles. The molecule has 1 aliphatic heterocycles. The van der Waals surface area contributed by atoms with Crippen LogP contribution in [-0.2, 0) is 22.7 Å². The fourth-order valence-electron chi connectivity index (χ4n) is 2.99. The maximum Gasteiger partial charge on any atom is 0.225 e. The Morgan fingerprint density at radius 1 is 1.27 bits per heavy atom. The minimum absolute atomic E-state index is 0.0374. The molecule has 2 aromatic rings. The maximum atomic E-state index is 12.4. The Balaban J connectivity index is 1.56. The van der Waals surface area contributed by atoms with Crippen molar-refractivity contribution in [2.45, 2.75) is 19.5 Å². The van der Waals surface area contributed by atoms with Crippen molar-refractivity contribution >= 4 is 11.8 Å². The lowest BCUT2D eigenvalue weighted by Crippen LogP contribution is -2.32. The number of ether oxygens (including phenoxy) is 2. The molecular weight excluding hydrogens is 336 g/mol. The largest absolute Gasteiger partial charge is 0.497 e. The van der Waals surface area contributed by atoms with Gasteiger partial charge in [-0.05, 0) is 29.8 Å². The Labute approximate surface area is 151 Å². The Morgan fingerprint density at radius 3 is 2.62 bits per heavy atom. The van der Waals surface area contributed by atoms with Gasteiger partial charge in [0.2, 0.25) is 11.8 Å². The van der Waals surface area contributed by atoms with Crippen LogP contribution >= 0.6 is 0 Å². The van der Waals surface area contributed by atoms with E-state index in [0.29, 0.717) is 36.9 Å². The van der Waals surface area contributed by atoms with Crippen LogP contribution in [0.3, 0.4) is 0 Å². The van der Waals surface area contributed by atoms with Gasteiger partial charge in [-0.3, -0.25) is 9.59 Å². The highest BCUT2D eigenvalue weighted by atomic mass is 16.5. The summed E-state index contributed by atoms with van der Waals surface area (Å²) in [4.78, 5) is 26.2. The van der Waals surface area contributed by atoms with Crippen LogP contribution in [0.4, 0.5) is 0 Å². The van der Waals surface area contributed by atoms with E-state index < -0.39 is 0 Å². The van der Waals surface area contributed by atoms with E-state index in [-0.39, 0.29) is 24.2 Å². The summed E-state index contributed by atoms with van der Waals surface area (Å²) in [5, 5.41) is 2.89. The molecule has 0 spiro atoms. The van der Waals surface area contributed by atoms with Crippen LogP contribution in [0.25, 0.3) is 0 Å². The van der Waals surface area contributed by atoms with Crippen LogP contribution < -0.4 is 14.8 Å². The van der Waals surface area contributed by atoms with Gasteiger partial charge in [0.15, 0.2) is 0 Å². The number of furan rings is 1. The van der Waals surface area contributed by atoms with Crippen molar-refractivity contribution in [3.63, 3.8) is 0 Å². The second-order valence-electron chi connectivity index (χ2n) is 6.19. The molecule has 1 aliphatic rings. The fourth-order valence-corrected chi connectivity index (χ4v) is 2.99. The maximum absolute atomic E-state index is 12.4. The first-order chi connectivity index (χ1) is 12.6. The van der Waals surface area contributed by atoms with Gasteiger partial charge in [-0.15, -0.1) is 0 Å². The van der Waals surface area contributed by atoms with Crippen molar-refractivity contribution in [1.29, 1.82) is 0 Å². The van der Waals surface area contributed by atoms with E-state index in [9.17, 15) is 9.59 Å². The van der Waals surface area contributed by atoms with E-state index >= 15 is 0 Å². The monoisotopic (exact) mass is 358 g/mol. The summed E-state index contributed by atoms with van der Waals surface area (Å²) < 4.78 is 15.7. The standard InChI is InChI=1S/C19H22N2O5/c1-24-16-6-13(7-17(9-16)25-2)10-20-19(23)14-8-18(22)21(11-14)12-15-4-3-5-26-15/h3-7,9,14H,8,10-12H2,1-2H3,(H,20,23)/t14-/m0/s1. The molecule has 7 heteroatoms. The topological polar surface area (TPSA) is 81.0 Å². The van der Waals surface area contributed by atoms with Crippen molar-refractivity contribution in [1.82, 2.24) is 10.2 Å². The number of hydrogen-bond acceptors (Lipinski definition) is 5. The van der Waals surface area contributed by atoms with Crippen LogP contribution in [0.15, 0.2) is 41.0 Å². The Hall–Kier alpha value is -2.96. The minimum Gasteiger partial charge on any atom is -0.497 e. The zero-order valence-corrected chi connectivity index (χ0v) is 14.9. The zero-order chi connectivity index (χ0) is 18.5. The summed E-state index contributed by atoms with van der Waals surface area (Å²) in [6.07, 6.45) is 1.79. The predicted molar refractivity (Wildman–Crippen MR) is 93.6 cm³/mol. The highest BCUT2D eigenvalue weighted by molar-refractivity contribution is 5.89. The molecule has 0 aliphatic carbocycles. The predicted octanol–water partition coefficient (Wildman–Crippen LogP) is 1.96. The van der Waals surface area contributed by atoms with Gasteiger partial charge in [0.25, 0.3) is 0 Å². The van der Waals surface area contributed by atoms with Crippen molar-refractivity contribution < 1.29 is 23.5 Å². The number of nitrogens with zero attached hydrogens (tertiary/aromatic N) is 1. The molecule has 1 aromatic heterocycles. The highest BCUT2D eigenvalue weighted by Gasteiger charge is 2.34. The second-order valence-corrected chi connectivity index (χ2v) is 6.19. The van der Waals surface area contributed by atoms with Crippen LogP contribution in [0.5, 0.6) is 11.5 Å². The molecule has 1 fully saturated rings. The Bertz CT molecular complexity index is 750. The number of rotatable bonds is 7. The first kappa shape index (κ1) is 17.8. The number of hydrogen-bond donors (Lipinski definition) is 1. The number of methoxy groups -OCH3 is 2. The van der Waals surface area contributed by atoms with E-state index in [4.69, 9.17) is 13.9 Å². The van der Waals surface area contributed by atoms with Gasteiger partial charge in [0, 0.05) is 25.6 Å². The normalized spacial score (nSPS) is 16.6. The SMILES string of the molecule is COc1cc(CNC(=O)[C@H]2CC(=O)N(Cc3ccco3)C2)cc(OC)c1. The van der Waals surface area contributed by atoms with E-state index in [1.54, 1.807) is 37.5 Å². The molecule has 2 amide bonds. The summed E-state index contributed by atoms with van der Waals surface area (Å²) in [6.45, 7) is 1.13. The van der Waals surface area contributed by atoms with Crippen molar-refractivity contribution in [3.05, 3.63) is 47.9 Å². The molecule has 1 atom stereocenters.